The minimum atomic E-state index is -1.08. The number of carbonyl (C=O) groups is 2. The highest BCUT2D eigenvalue weighted by Crippen LogP contribution is 2.48. The van der Waals surface area contributed by atoms with Crippen molar-refractivity contribution >= 4 is 11.9 Å². The van der Waals surface area contributed by atoms with E-state index in [4.69, 9.17) is 5.11 Å². The molecule has 1 saturated heterocycles. The van der Waals surface area contributed by atoms with Gasteiger partial charge in [-0.3, -0.25) is 9.59 Å². The lowest BCUT2D eigenvalue weighted by molar-refractivity contribution is -0.153. The molecule has 1 amide bonds. The highest BCUT2D eigenvalue weighted by atomic mass is 16.4. The van der Waals surface area contributed by atoms with Crippen molar-refractivity contribution in [2.45, 2.75) is 25.8 Å². The van der Waals surface area contributed by atoms with Crippen LogP contribution < -0.4 is 0 Å². The Balaban J connectivity index is 2.06. The van der Waals surface area contributed by atoms with Gasteiger partial charge in [-0.05, 0) is 32.9 Å². The van der Waals surface area contributed by atoms with Gasteiger partial charge in [0.25, 0.3) is 0 Å². The number of carbonyl (C=O) groups excluding carboxylic acids is 1. The van der Waals surface area contributed by atoms with Gasteiger partial charge in [-0.25, -0.2) is 0 Å². The van der Waals surface area contributed by atoms with Crippen molar-refractivity contribution in [3.63, 3.8) is 0 Å². The smallest absolute Gasteiger partial charge is 0.319 e. The van der Waals surface area contributed by atoms with Gasteiger partial charge in [-0.1, -0.05) is 6.92 Å². The minimum Gasteiger partial charge on any atom is -0.480 e. The van der Waals surface area contributed by atoms with Crippen LogP contribution in [0, 0.1) is 11.3 Å². The molecule has 1 aliphatic heterocycles. The van der Waals surface area contributed by atoms with E-state index in [1.165, 1.54) is 0 Å². The summed E-state index contributed by atoms with van der Waals surface area (Å²) in [6.07, 6.45) is 0.997. The zero-order chi connectivity index (χ0) is 12.8. The second kappa shape index (κ2) is 3.98. The number of amides is 1. The highest BCUT2D eigenvalue weighted by molar-refractivity contribution is 6.04. The second-order valence-corrected chi connectivity index (χ2v) is 5.61. The van der Waals surface area contributed by atoms with Gasteiger partial charge in [0.2, 0.25) is 5.91 Å². The minimum absolute atomic E-state index is 0.179. The number of likely N-dealkylation sites (tertiary alicyclic amines) is 1. The van der Waals surface area contributed by atoms with Crippen LogP contribution >= 0.6 is 0 Å². The normalized spacial score (nSPS) is 30.7. The molecule has 1 aliphatic carbocycles. The number of aliphatic carboxylic acids is 1. The molecule has 5 nitrogen and oxygen atoms in total. The average molecular weight is 240 g/mol. The molecule has 17 heavy (non-hydrogen) atoms. The monoisotopic (exact) mass is 240 g/mol. The summed E-state index contributed by atoms with van der Waals surface area (Å²) in [4.78, 5) is 27.2. The Labute approximate surface area is 101 Å². The van der Waals surface area contributed by atoms with E-state index in [-0.39, 0.29) is 5.91 Å². The highest BCUT2D eigenvalue weighted by Gasteiger charge is 2.59. The Morgan fingerprint density at radius 1 is 1.29 bits per heavy atom. The molecule has 5 heteroatoms. The van der Waals surface area contributed by atoms with Crippen LogP contribution in [0.4, 0.5) is 0 Å². The third-order valence-corrected chi connectivity index (χ3v) is 4.09. The lowest BCUT2D eigenvalue weighted by Crippen LogP contribution is -2.41. The molecule has 96 valence electrons. The van der Waals surface area contributed by atoms with Gasteiger partial charge in [0, 0.05) is 19.1 Å². The first kappa shape index (κ1) is 12.4. The Morgan fingerprint density at radius 3 is 2.24 bits per heavy atom. The summed E-state index contributed by atoms with van der Waals surface area (Å²) < 4.78 is 0. The molecule has 1 N–H and O–H groups in total. The Kier molecular flexibility index (Phi) is 2.89. The number of likely N-dealkylation sites (N-methyl/N-ethyl adjacent to an activating group) is 1. The molecular formula is C12H20N2O3. The fraction of sp³-hybridized carbons (Fsp3) is 0.833. The molecule has 2 fully saturated rings. The second-order valence-electron chi connectivity index (χ2n) is 5.61. The molecule has 0 bridgehead atoms. The molecule has 0 spiro atoms. The van der Waals surface area contributed by atoms with Crippen molar-refractivity contribution in [3.05, 3.63) is 0 Å². The van der Waals surface area contributed by atoms with Crippen LogP contribution in [0.2, 0.25) is 0 Å². The molecule has 0 aromatic carbocycles. The predicted molar refractivity (Wildman–Crippen MR) is 62.5 cm³/mol. The maximum Gasteiger partial charge on any atom is 0.319 e. The zero-order valence-corrected chi connectivity index (χ0v) is 10.6. The molecule has 1 heterocycles. The number of carboxylic acid groups (broad SMARTS) is 1. The topological polar surface area (TPSA) is 60.9 Å². The molecule has 0 aromatic rings. The SMILES string of the molecule is CC1CN(C(=O)C2(C(=O)O)CC2)CC1N(C)C. The third-order valence-electron chi connectivity index (χ3n) is 4.09. The van der Waals surface area contributed by atoms with Crippen molar-refractivity contribution in [1.82, 2.24) is 9.80 Å². The Hall–Kier alpha value is -1.10. The maximum absolute atomic E-state index is 12.2. The summed E-state index contributed by atoms with van der Waals surface area (Å²) in [5, 5.41) is 9.12. The summed E-state index contributed by atoms with van der Waals surface area (Å²) in [6, 6.07) is 0.337. The molecular weight excluding hydrogens is 220 g/mol. The van der Waals surface area contributed by atoms with Gasteiger partial charge in [0.05, 0.1) is 0 Å². The molecule has 2 atom stereocenters. The summed E-state index contributed by atoms with van der Waals surface area (Å²) >= 11 is 0. The van der Waals surface area contributed by atoms with Crippen LogP contribution in [-0.2, 0) is 9.59 Å². The quantitative estimate of drug-likeness (QED) is 0.719. The lowest BCUT2D eigenvalue weighted by atomic mass is 10.1. The zero-order valence-electron chi connectivity index (χ0n) is 10.6. The van der Waals surface area contributed by atoms with Gasteiger partial charge in [0.15, 0.2) is 0 Å². The van der Waals surface area contributed by atoms with Crippen molar-refractivity contribution in [1.29, 1.82) is 0 Å². The van der Waals surface area contributed by atoms with Crippen molar-refractivity contribution in [2.75, 3.05) is 27.2 Å². The van der Waals surface area contributed by atoms with Crippen LogP contribution in [0.1, 0.15) is 19.8 Å². The van der Waals surface area contributed by atoms with Crippen LogP contribution in [0.5, 0.6) is 0 Å². The molecule has 2 unspecified atom stereocenters. The number of carboxylic acids is 1. The number of rotatable bonds is 3. The van der Waals surface area contributed by atoms with Crippen LogP contribution in [0.3, 0.4) is 0 Å². The molecule has 0 radical (unpaired) electrons. The maximum atomic E-state index is 12.2. The van der Waals surface area contributed by atoms with E-state index in [1.807, 2.05) is 14.1 Å². The molecule has 2 rings (SSSR count). The van der Waals surface area contributed by atoms with Crippen LogP contribution in [0.15, 0.2) is 0 Å². The summed E-state index contributed by atoms with van der Waals surface area (Å²) in [5.41, 5.74) is -1.08. The average Bonchev–Trinajstić information content (AvgIpc) is 2.96. The van der Waals surface area contributed by atoms with E-state index in [1.54, 1.807) is 4.90 Å². The van der Waals surface area contributed by atoms with Gasteiger partial charge >= 0.3 is 5.97 Å². The van der Waals surface area contributed by atoms with E-state index < -0.39 is 11.4 Å². The molecule has 0 aromatic heterocycles. The lowest BCUT2D eigenvalue weighted by Gasteiger charge is -2.23. The molecule has 2 aliphatic rings. The van der Waals surface area contributed by atoms with E-state index in [0.717, 1.165) is 0 Å². The van der Waals surface area contributed by atoms with Crippen LogP contribution in [0.25, 0.3) is 0 Å². The first-order valence-corrected chi connectivity index (χ1v) is 6.07. The first-order chi connectivity index (χ1) is 7.88. The van der Waals surface area contributed by atoms with Gasteiger partial charge < -0.3 is 14.9 Å². The van der Waals surface area contributed by atoms with E-state index in [9.17, 15) is 9.59 Å². The van der Waals surface area contributed by atoms with E-state index in [0.29, 0.717) is 37.9 Å². The van der Waals surface area contributed by atoms with Crippen molar-refractivity contribution in [3.8, 4) is 0 Å². The Morgan fingerprint density at radius 2 is 1.88 bits per heavy atom. The Bertz CT molecular complexity index is 350. The first-order valence-electron chi connectivity index (χ1n) is 6.07. The standard InChI is InChI=1S/C12H20N2O3/c1-8-6-14(7-9(8)13(2)3)10(15)12(4-5-12)11(16)17/h8-9H,4-7H2,1-3H3,(H,16,17). The van der Waals surface area contributed by atoms with Gasteiger partial charge in [-0.2, -0.15) is 0 Å². The fourth-order valence-electron chi connectivity index (χ4n) is 2.73. The summed E-state index contributed by atoms with van der Waals surface area (Å²) in [6.45, 7) is 3.44. The van der Waals surface area contributed by atoms with Crippen molar-refractivity contribution < 1.29 is 14.7 Å². The largest absolute Gasteiger partial charge is 0.480 e. The summed E-state index contributed by atoms with van der Waals surface area (Å²) in [7, 11) is 4.00. The number of hydrogen-bond acceptors (Lipinski definition) is 3. The predicted octanol–water partition coefficient (Wildman–Crippen LogP) is 0.260. The fourth-order valence-corrected chi connectivity index (χ4v) is 2.73. The molecule has 1 saturated carbocycles. The van der Waals surface area contributed by atoms with E-state index in [2.05, 4.69) is 11.8 Å². The number of nitrogens with zero attached hydrogens (tertiary/aromatic N) is 2. The van der Waals surface area contributed by atoms with Gasteiger partial charge in [-0.15, -0.1) is 0 Å². The van der Waals surface area contributed by atoms with Crippen molar-refractivity contribution in [2.24, 2.45) is 11.3 Å². The van der Waals surface area contributed by atoms with E-state index >= 15 is 0 Å². The van der Waals surface area contributed by atoms with Crippen LogP contribution in [-0.4, -0.2) is 60.0 Å². The van der Waals surface area contributed by atoms with Gasteiger partial charge in [0.1, 0.15) is 5.41 Å². The third kappa shape index (κ3) is 1.92. The number of hydrogen-bond donors (Lipinski definition) is 1. The summed E-state index contributed by atoms with van der Waals surface area (Å²) in [5.74, 6) is -0.733.